The summed E-state index contributed by atoms with van der Waals surface area (Å²) in [6, 6.07) is 0. The molecule has 0 aliphatic carbocycles. The molecule has 54 valence electrons. The lowest BCUT2D eigenvalue weighted by atomic mass is 10.2. The van der Waals surface area contributed by atoms with Crippen molar-refractivity contribution in [1.82, 2.24) is 4.90 Å². The van der Waals surface area contributed by atoms with E-state index in [2.05, 4.69) is 0 Å². The molecule has 0 aromatic heterocycles. The molecule has 0 aromatic rings. The number of hydrogen-bond acceptors (Lipinski definition) is 2. The molecule has 1 aliphatic rings. The molecular weight excluding hydrogens is 134 g/mol. The topological polar surface area (TPSA) is 57.6 Å². The SMILES string of the molecule is O=C(O)N1CCC=CC1=O. The fraction of sp³-hybridized carbons (Fsp3) is 0.333. The maximum Gasteiger partial charge on any atom is 0.414 e. The fourth-order valence-electron chi connectivity index (χ4n) is 0.778. The van der Waals surface area contributed by atoms with Crippen LogP contribution in [-0.4, -0.2) is 28.6 Å². The van der Waals surface area contributed by atoms with Crippen LogP contribution in [0.5, 0.6) is 0 Å². The number of hydrogen-bond donors (Lipinski definition) is 1. The van der Waals surface area contributed by atoms with Crippen molar-refractivity contribution in [3.05, 3.63) is 12.2 Å². The third-order valence-corrected chi connectivity index (χ3v) is 1.28. The van der Waals surface area contributed by atoms with Gasteiger partial charge in [-0.3, -0.25) is 4.79 Å². The minimum absolute atomic E-state index is 0.282. The smallest absolute Gasteiger partial charge is 0.414 e. The molecule has 0 saturated carbocycles. The number of rotatable bonds is 0. The molecule has 0 radical (unpaired) electrons. The predicted octanol–water partition coefficient (Wildman–Crippen LogP) is 0.453. The molecule has 2 amide bonds. The highest BCUT2D eigenvalue weighted by molar-refractivity contribution is 5.98. The third-order valence-electron chi connectivity index (χ3n) is 1.28. The summed E-state index contributed by atoms with van der Waals surface area (Å²) in [5, 5.41) is 8.38. The molecule has 1 aliphatic heterocycles. The van der Waals surface area contributed by atoms with Gasteiger partial charge in [-0.2, -0.15) is 0 Å². The van der Waals surface area contributed by atoms with Gasteiger partial charge in [0.25, 0.3) is 5.91 Å². The Morgan fingerprint density at radius 1 is 1.70 bits per heavy atom. The van der Waals surface area contributed by atoms with Crippen LogP contribution in [-0.2, 0) is 4.79 Å². The highest BCUT2D eigenvalue weighted by Gasteiger charge is 2.19. The number of carbonyl (C=O) groups excluding carboxylic acids is 1. The van der Waals surface area contributed by atoms with Crippen LogP contribution in [0.4, 0.5) is 4.79 Å². The van der Waals surface area contributed by atoms with Crippen molar-refractivity contribution in [2.45, 2.75) is 6.42 Å². The van der Waals surface area contributed by atoms with E-state index < -0.39 is 12.0 Å². The van der Waals surface area contributed by atoms with Crippen LogP contribution in [0.25, 0.3) is 0 Å². The Hall–Kier alpha value is -1.32. The first-order valence-corrected chi connectivity index (χ1v) is 2.93. The van der Waals surface area contributed by atoms with E-state index in [0.29, 0.717) is 6.42 Å². The number of nitrogens with zero attached hydrogens (tertiary/aromatic N) is 1. The average Bonchev–Trinajstić information content (AvgIpc) is 1.88. The first-order valence-electron chi connectivity index (χ1n) is 2.93. The lowest BCUT2D eigenvalue weighted by Gasteiger charge is -2.16. The maximum absolute atomic E-state index is 10.7. The Morgan fingerprint density at radius 3 is 2.80 bits per heavy atom. The van der Waals surface area contributed by atoms with E-state index in [-0.39, 0.29) is 6.54 Å². The third kappa shape index (κ3) is 1.15. The normalized spacial score (nSPS) is 17.6. The summed E-state index contributed by atoms with van der Waals surface area (Å²) < 4.78 is 0. The molecule has 0 atom stereocenters. The van der Waals surface area contributed by atoms with Gasteiger partial charge in [-0.1, -0.05) is 6.08 Å². The Bertz CT molecular complexity index is 197. The number of carboxylic acid groups (broad SMARTS) is 1. The Morgan fingerprint density at radius 2 is 2.40 bits per heavy atom. The molecule has 1 N–H and O–H groups in total. The van der Waals surface area contributed by atoms with Crippen LogP contribution >= 0.6 is 0 Å². The van der Waals surface area contributed by atoms with Crippen LogP contribution in [0.15, 0.2) is 12.2 Å². The van der Waals surface area contributed by atoms with Crippen molar-refractivity contribution in [2.24, 2.45) is 0 Å². The van der Waals surface area contributed by atoms with E-state index in [1.165, 1.54) is 6.08 Å². The molecule has 0 saturated heterocycles. The Labute approximate surface area is 57.7 Å². The van der Waals surface area contributed by atoms with E-state index in [1.54, 1.807) is 6.08 Å². The van der Waals surface area contributed by atoms with E-state index in [9.17, 15) is 9.59 Å². The molecule has 10 heavy (non-hydrogen) atoms. The van der Waals surface area contributed by atoms with Crippen molar-refractivity contribution < 1.29 is 14.7 Å². The first-order chi connectivity index (χ1) is 4.72. The lowest BCUT2D eigenvalue weighted by Crippen LogP contribution is -2.36. The van der Waals surface area contributed by atoms with Gasteiger partial charge < -0.3 is 5.11 Å². The molecule has 0 aromatic carbocycles. The highest BCUT2D eigenvalue weighted by Crippen LogP contribution is 2.01. The first kappa shape index (κ1) is 6.80. The van der Waals surface area contributed by atoms with E-state index in [4.69, 9.17) is 5.11 Å². The average molecular weight is 141 g/mol. The second-order valence-electron chi connectivity index (χ2n) is 1.96. The van der Waals surface area contributed by atoms with Gasteiger partial charge in [0.1, 0.15) is 0 Å². The molecule has 1 rings (SSSR count). The standard InChI is InChI=1S/C6H7NO3/c8-5-3-1-2-4-7(5)6(9)10/h1,3H,2,4H2,(H,9,10). The summed E-state index contributed by atoms with van der Waals surface area (Å²) in [6.45, 7) is 0.282. The van der Waals surface area contributed by atoms with Crippen LogP contribution < -0.4 is 0 Å². The molecule has 0 unspecified atom stereocenters. The lowest BCUT2D eigenvalue weighted by molar-refractivity contribution is -0.124. The van der Waals surface area contributed by atoms with Crippen molar-refractivity contribution in [3.63, 3.8) is 0 Å². The number of carbonyl (C=O) groups is 2. The van der Waals surface area contributed by atoms with Crippen LogP contribution in [0, 0.1) is 0 Å². The largest absolute Gasteiger partial charge is 0.465 e. The Balaban J connectivity index is 2.70. The van der Waals surface area contributed by atoms with Crippen molar-refractivity contribution >= 4 is 12.0 Å². The molecule has 0 bridgehead atoms. The summed E-state index contributed by atoms with van der Waals surface area (Å²) in [5.41, 5.74) is 0. The van der Waals surface area contributed by atoms with Gasteiger partial charge in [-0.05, 0) is 12.5 Å². The van der Waals surface area contributed by atoms with Crippen molar-refractivity contribution in [2.75, 3.05) is 6.54 Å². The zero-order valence-corrected chi connectivity index (χ0v) is 5.28. The fourth-order valence-corrected chi connectivity index (χ4v) is 0.778. The second kappa shape index (κ2) is 2.51. The Kier molecular flexibility index (Phi) is 1.71. The highest BCUT2D eigenvalue weighted by atomic mass is 16.4. The monoisotopic (exact) mass is 141 g/mol. The molecule has 0 fully saturated rings. The zero-order valence-electron chi connectivity index (χ0n) is 5.28. The predicted molar refractivity (Wildman–Crippen MR) is 33.5 cm³/mol. The van der Waals surface area contributed by atoms with Gasteiger partial charge >= 0.3 is 6.09 Å². The number of amides is 2. The van der Waals surface area contributed by atoms with E-state index >= 15 is 0 Å². The quantitative estimate of drug-likeness (QED) is 0.533. The van der Waals surface area contributed by atoms with Crippen molar-refractivity contribution in [3.8, 4) is 0 Å². The van der Waals surface area contributed by atoms with Crippen LogP contribution in [0.3, 0.4) is 0 Å². The van der Waals surface area contributed by atoms with Crippen molar-refractivity contribution in [1.29, 1.82) is 0 Å². The van der Waals surface area contributed by atoms with Gasteiger partial charge in [0.2, 0.25) is 0 Å². The van der Waals surface area contributed by atoms with Gasteiger partial charge in [0.15, 0.2) is 0 Å². The summed E-state index contributed by atoms with van der Waals surface area (Å²) in [4.78, 5) is 21.7. The zero-order chi connectivity index (χ0) is 7.56. The summed E-state index contributed by atoms with van der Waals surface area (Å²) in [6.07, 6.45) is 2.40. The second-order valence-corrected chi connectivity index (χ2v) is 1.96. The van der Waals surface area contributed by atoms with Gasteiger partial charge in [0, 0.05) is 6.54 Å². The summed E-state index contributed by atoms with van der Waals surface area (Å²) in [7, 11) is 0. The van der Waals surface area contributed by atoms with E-state index in [1.807, 2.05) is 0 Å². The van der Waals surface area contributed by atoms with Gasteiger partial charge in [0.05, 0.1) is 0 Å². The summed E-state index contributed by atoms with van der Waals surface area (Å²) in [5.74, 6) is -0.446. The maximum atomic E-state index is 10.7. The van der Waals surface area contributed by atoms with Crippen LogP contribution in [0.2, 0.25) is 0 Å². The van der Waals surface area contributed by atoms with Crippen LogP contribution in [0.1, 0.15) is 6.42 Å². The molecule has 0 spiro atoms. The minimum Gasteiger partial charge on any atom is -0.465 e. The summed E-state index contributed by atoms with van der Waals surface area (Å²) >= 11 is 0. The molecule has 4 heteroatoms. The molecule has 1 heterocycles. The minimum atomic E-state index is -1.17. The van der Waals surface area contributed by atoms with E-state index in [0.717, 1.165) is 4.90 Å². The molecule has 4 nitrogen and oxygen atoms in total. The molecular formula is C6H7NO3. The number of imide groups is 1. The van der Waals surface area contributed by atoms with Gasteiger partial charge in [-0.15, -0.1) is 0 Å². The van der Waals surface area contributed by atoms with Gasteiger partial charge in [-0.25, -0.2) is 9.69 Å².